The van der Waals surface area contributed by atoms with E-state index in [1.165, 1.54) is 0 Å². The molecule has 1 nitrogen and oxygen atoms in total. The van der Waals surface area contributed by atoms with Gasteiger partial charge in [-0.1, -0.05) is 5.92 Å². The molecule has 0 saturated carbocycles. The number of rotatable bonds is 3. The Balaban J connectivity index is 2.67. The summed E-state index contributed by atoms with van der Waals surface area (Å²) in [5.74, 6) is 1.57. The summed E-state index contributed by atoms with van der Waals surface area (Å²) in [6.07, 6.45) is 5.12. The van der Waals surface area contributed by atoms with Crippen LogP contribution in [0.4, 0.5) is 8.78 Å². The second-order valence-corrected chi connectivity index (χ2v) is 3.00. The van der Waals surface area contributed by atoms with Gasteiger partial charge in [-0.15, -0.1) is 6.42 Å². The minimum atomic E-state index is -0.448. The van der Waals surface area contributed by atoms with E-state index >= 15 is 0 Å². The van der Waals surface area contributed by atoms with Crippen LogP contribution in [0, 0.1) is 24.0 Å². The lowest BCUT2D eigenvalue weighted by molar-refractivity contribution is 0.561. The van der Waals surface area contributed by atoms with Gasteiger partial charge in [-0.25, -0.2) is 8.78 Å². The van der Waals surface area contributed by atoms with Gasteiger partial charge in [-0.3, -0.25) is 5.32 Å². The molecule has 0 aromatic heterocycles. The molecule has 1 rings (SSSR count). The Morgan fingerprint density at radius 3 is 2.86 bits per heavy atom. The van der Waals surface area contributed by atoms with Gasteiger partial charge in [0.25, 0.3) is 0 Å². The van der Waals surface area contributed by atoms with Crippen LogP contribution in [0.1, 0.15) is 12.5 Å². The molecule has 0 bridgehead atoms. The van der Waals surface area contributed by atoms with E-state index in [9.17, 15) is 8.78 Å². The minimum Gasteiger partial charge on any atom is -0.300 e. The maximum Gasteiger partial charge on any atom is 0.127 e. The molecular weight excluding hydrogens is 184 g/mol. The van der Waals surface area contributed by atoms with Crippen molar-refractivity contribution in [3.63, 3.8) is 0 Å². The van der Waals surface area contributed by atoms with Gasteiger partial charge in [0, 0.05) is 12.1 Å². The lowest BCUT2D eigenvalue weighted by Crippen LogP contribution is -2.24. The van der Waals surface area contributed by atoms with E-state index in [1.807, 2.05) is 0 Å². The number of hydrogen-bond acceptors (Lipinski definition) is 1. The fourth-order valence-electron chi connectivity index (χ4n) is 1.00. The summed E-state index contributed by atoms with van der Waals surface area (Å²) >= 11 is 0. The Bertz CT molecular complexity index is 355. The maximum atomic E-state index is 13.1. The number of benzene rings is 1. The third-order valence-electron chi connectivity index (χ3n) is 1.86. The number of nitrogens with one attached hydrogen (secondary N) is 1. The molecule has 0 saturated heterocycles. The van der Waals surface area contributed by atoms with Gasteiger partial charge in [-0.05, 0) is 25.1 Å². The summed E-state index contributed by atoms with van der Waals surface area (Å²) in [5, 5.41) is 2.87. The average molecular weight is 195 g/mol. The number of hydrogen-bond donors (Lipinski definition) is 1. The molecule has 0 aliphatic carbocycles. The van der Waals surface area contributed by atoms with Crippen LogP contribution in [0.3, 0.4) is 0 Å². The van der Waals surface area contributed by atoms with Gasteiger partial charge >= 0.3 is 0 Å². The highest BCUT2D eigenvalue weighted by molar-refractivity contribution is 5.18. The van der Waals surface area contributed by atoms with Crippen LogP contribution in [-0.2, 0) is 6.54 Å². The Morgan fingerprint density at radius 2 is 2.21 bits per heavy atom. The van der Waals surface area contributed by atoms with Crippen LogP contribution in [-0.4, -0.2) is 6.04 Å². The smallest absolute Gasteiger partial charge is 0.127 e. The van der Waals surface area contributed by atoms with Gasteiger partial charge in [0.15, 0.2) is 0 Å². The average Bonchev–Trinajstić information content (AvgIpc) is 2.19. The first-order chi connectivity index (χ1) is 6.63. The van der Waals surface area contributed by atoms with Gasteiger partial charge in [-0.2, -0.15) is 0 Å². The SMILES string of the molecule is C#CC(C)NCc1cc(F)ccc1F. The van der Waals surface area contributed by atoms with E-state index in [4.69, 9.17) is 6.42 Å². The highest BCUT2D eigenvalue weighted by atomic mass is 19.1. The molecule has 1 aromatic rings. The predicted octanol–water partition coefficient (Wildman–Crippen LogP) is 2.08. The first kappa shape index (κ1) is 10.7. The van der Waals surface area contributed by atoms with E-state index < -0.39 is 11.6 Å². The molecular formula is C11H11F2N. The van der Waals surface area contributed by atoms with E-state index in [1.54, 1.807) is 6.92 Å². The highest BCUT2D eigenvalue weighted by Gasteiger charge is 2.04. The van der Waals surface area contributed by atoms with Crippen LogP contribution in [0.2, 0.25) is 0 Å². The zero-order valence-electron chi connectivity index (χ0n) is 7.85. The third-order valence-corrected chi connectivity index (χ3v) is 1.86. The molecule has 74 valence electrons. The zero-order valence-corrected chi connectivity index (χ0v) is 7.85. The fourth-order valence-corrected chi connectivity index (χ4v) is 1.00. The first-order valence-electron chi connectivity index (χ1n) is 4.27. The second kappa shape index (κ2) is 4.73. The molecule has 14 heavy (non-hydrogen) atoms. The Labute approximate surface area is 82.1 Å². The topological polar surface area (TPSA) is 12.0 Å². The quantitative estimate of drug-likeness (QED) is 0.728. The molecule has 0 spiro atoms. The van der Waals surface area contributed by atoms with Gasteiger partial charge < -0.3 is 0 Å². The number of halogens is 2. The summed E-state index contributed by atoms with van der Waals surface area (Å²) in [5.41, 5.74) is 0.284. The first-order valence-corrected chi connectivity index (χ1v) is 4.27. The highest BCUT2D eigenvalue weighted by Crippen LogP contribution is 2.09. The fraction of sp³-hybridized carbons (Fsp3) is 0.273. The van der Waals surface area contributed by atoms with E-state index in [2.05, 4.69) is 11.2 Å². The van der Waals surface area contributed by atoms with Gasteiger partial charge in [0.2, 0.25) is 0 Å². The van der Waals surface area contributed by atoms with E-state index in [0.29, 0.717) is 0 Å². The molecule has 0 fully saturated rings. The summed E-state index contributed by atoms with van der Waals surface area (Å²) < 4.78 is 25.8. The molecule has 1 unspecified atom stereocenters. The second-order valence-electron chi connectivity index (χ2n) is 3.00. The van der Waals surface area contributed by atoms with Crippen LogP contribution < -0.4 is 5.32 Å². The third kappa shape index (κ3) is 2.82. The molecule has 0 aliphatic rings. The molecule has 1 aromatic carbocycles. The van der Waals surface area contributed by atoms with Crippen molar-refractivity contribution in [1.82, 2.24) is 5.32 Å². The molecule has 3 heteroatoms. The summed E-state index contributed by atoms with van der Waals surface area (Å²) in [6, 6.07) is 3.19. The monoisotopic (exact) mass is 195 g/mol. The standard InChI is InChI=1S/C11H11F2N/c1-3-8(2)14-7-9-6-10(12)4-5-11(9)13/h1,4-6,8,14H,7H2,2H3. The predicted molar refractivity (Wildman–Crippen MR) is 51.5 cm³/mol. The van der Waals surface area contributed by atoms with Crippen molar-refractivity contribution in [3.8, 4) is 12.3 Å². The lowest BCUT2D eigenvalue weighted by atomic mass is 10.2. The zero-order chi connectivity index (χ0) is 10.6. The molecule has 0 radical (unpaired) electrons. The Morgan fingerprint density at radius 1 is 1.50 bits per heavy atom. The van der Waals surface area contributed by atoms with Crippen molar-refractivity contribution in [1.29, 1.82) is 0 Å². The van der Waals surface area contributed by atoms with Gasteiger partial charge in [0.05, 0.1) is 6.04 Å². The molecule has 0 aliphatic heterocycles. The van der Waals surface area contributed by atoms with Crippen molar-refractivity contribution in [2.45, 2.75) is 19.5 Å². The van der Waals surface area contributed by atoms with E-state index in [0.717, 1.165) is 18.2 Å². The van der Waals surface area contributed by atoms with Crippen LogP contribution in [0.5, 0.6) is 0 Å². The van der Waals surface area contributed by atoms with Crippen LogP contribution >= 0.6 is 0 Å². The Kier molecular flexibility index (Phi) is 3.61. The van der Waals surface area contributed by atoms with Crippen molar-refractivity contribution in [2.24, 2.45) is 0 Å². The van der Waals surface area contributed by atoms with Crippen molar-refractivity contribution in [2.75, 3.05) is 0 Å². The van der Waals surface area contributed by atoms with E-state index in [-0.39, 0.29) is 18.2 Å². The molecule has 0 amide bonds. The normalized spacial score (nSPS) is 12.1. The molecule has 1 N–H and O–H groups in total. The maximum absolute atomic E-state index is 13.1. The van der Waals surface area contributed by atoms with Crippen molar-refractivity contribution < 1.29 is 8.78 Å². The minimum absolute atomic E-state index is 0.155. The largest absolute Gasteiger partial charge is 0.300 e. The number of terminal acetylenes is 1. The molecule has 0 heterocycles. The van der Waals surface area contributed by atoms with Crippen LogP contribution in [0.25, 0.3) is 0 Å². The molecule has 1 atom stereocenters. The van der Waals surface area contributed by atoms with Crippen LogP contribution in [0.15, 0.2) is 18.2 Å². The Hall–Kier alpha value is -1.40. The summed E-state index contributed by atoms with van der Waals surface area (Å²) in [4.78, 5) is 0. The van der Waals surface area contributed by atoms with Crippen molar-refractivity contribution >= 4 is 0 Å². The lowest BCUT2D eigenvalue weighted by Gasteiger charge is -2.08. The van der Waals surface area contributed by atoms with Crippen molar-refractivity contribution in [3.05, 3.63) is 35.4 Å². The summed E-state index contributed by atoms with van der Waals surface area (Å²) in [7, 11) is 0. The summed E-state index contributed by atoms with van der Waals surface area (Å²) in [6.45, 7) is 2.01. The van der Waals surface area contributed by atoms with Gasteiger partial charge in [0.1, 0.15) is 11.6 Å².